The van der Waals surface area contributed by atoms with Crippen LogP contribution in [0, 0.1) is 0 Å². The predicted molar refractivity (Wildman–Crippen MR) is 59.2 cm³/mol. The summed E-state index contributed by atoms with van der Waals surface area (Å²) in [5, 5.41) is 0. The van der Waals surface area contributed by atoms with Crippen LogP contribution < -0.4 is 0 Å². The average Bonchev–Trinajstić information content (AvgIpc) is 2.36. The topological polar surface area (TPSA) is 44.8 Å². The zero-order chi connectivity index (χ0) is 11.7. The first-order valence-electron chi connectivity index (χ1n) is 5.18. The molecular formula is C10H20O4Si. The molecule has 0 bridgehead atoms. The van der Waals surface area contributed by atoms with Crippen molar-refractivity contribution in [2.75, 3.05) is 6.61 Å². The Morgan fingerprint density at radius 2 is 1.93 bits per heavy atom. The smallest absolute Gasteiger partial charge is 0.183 e. The summed E-state index contributed by atoms with van der Waals surface area (Å²) in [6.07, 6.45) is 0.00747. The first kappa shape index (κ1) is 12.8. The highest BCUT2D eigenvalue weighted by molar-refractivity contribution is 6.69. The van der Waals surface area contributed by atoms with Gasteiger partial charge in [-0.3, -0.25) is 0 Å². The van der Waals surface area contributed by atoms with Crippen LogP contribution in [0.15, 0.2) is 0 Å². The van der Waals surface area contributed by atoms with Crippen molar-refractivity contribution in [3.05, 3.63) is 0 Å². The zero-order valence-electron chi connectivity index (χ0n) is 10.1. The predicted octanol–water partition coefficient (Wildman–Crippen LogP) is 1.56. The van der Waals surface area contributed by atoms with Crippen molar-refractivity contribution < 1.29 is 18.7 Å². The number of aldehydes is 1. The molecule has 4 nitrogen and oxygen atoms in total. The van der Waals surface area contributed by atoms with Crippen LogP contribution in [-0.2, 0) is 18.7 Å². The van der Waals surface area contributed by atoms with E-state index in [0.29, 0.717) is 6.61 Å². The second-order valence-corrected chi connectivity index (χ2v) is 9.71. The molecule has 88 valence electrons. The molecule has 1 fully saturated rings. The summed E-state index contributed by atoms with van der Waals surface area (Å²) in [6.45, 7) is 10.3. The van der Waals surface area contributed by atoms with Gasteiger partial charge in [0.2, 0.25) is 0 Å². The molecule has 0 N–H and O–H groups in total. The van der Waals surface area contributed by atoms with Crippen LogP contribution in [0.1, 0.15) is 13.8 Å². The maximum absolute atomic E-state index is 10.8. The summed E-state index contributed by atoms with van der Waals surface area (Å²) in [5.74, 6) is -0.682. The van der Waals surface area contributed by atoms with Gasteiger partial charge < -0.3 is 18.7 Å². The quantitative estimate of drug-likeness (QED) is 0.545. The molecule has 15 heavy (non-hydrogen) atoms. The molecule has 0 aromatic rings. The number of rotatable bonds is 4. The van der Waals surface area contributed by atoms with Crippen LogP contribution in [0.5, 0.6) is 0 Å². The van der Waals surface area contributed by atoms with Crippen LogP contribution in [0.25, 0.3) is 0 Å². The van der Waals surface area contributed by atoms with Gasteiger partial charge in [-0.1, -0.05) is 0 Å². The van der Waals surface area contributed by atoms with Gasteiger partial charge >= 0.3 is 0 Å². The standard InChI is InChI=1S/C10H20O4Si/c1-10(2)13-8(6-11)9(14-10)7-12-15(3,4)5/h6,8-9H,7H2,1-5H3/t8-,9-/m1/s1. The Kier molecular flexibility index (Phi) is 3.70. The number of carbonyl (C=O) groups excluding carboxylic acids is 1. The van der Waals surface area contributed by atoms with E-state index in [0.717, 1.165) is 6.29 Å². The number of hydrogen-bond acceptors (Lipinski definition) is 4. The summed E-state index contributed by atoms with van der Waals surface area (Å²) >= 11 is 0. The third-order valence-corrected chi connectivity index (χ3v) is 3.07. The van der Waals surface area contributed by atoms with Crippen molar-refractivity contribution in [1.82, 2.24) is 0 Å². The molecule has 1 aliphatic rings. The van der Waals surface area contributed by atoms with E-state index in [9.17, 15) is 4.79 Å². The fourth-order valence-corrected chi connectivity index (χ4v) is 2.10. The van der Waals surface area contributed by atoms with Crippen LogP contribution in [0.3, 0.4) is 0 Å². The van der Waals surface area contributed by atoms with Crippen molar-refractivity contribution in [3.63, 3.8) is 0 Å². The highest BCUT2D eigenvalue weighted by atomic mass is 28.4. The van der Waals surface area contributed by atoms with Crippen molar-refractivity contribution >= 4 is 14.6 Å². The molecule has 1 rings (SSSR count). The van der Waals surface area contributed by atoms with Crippen molar-refractivity contribution in [2.45, 2.75) is 51.5 Å². The summed E-state index contributed by atoms with van der Waals surface area (Å²) in [4.78, 5) is 10.8. The number of carbonyl (C=O) groups is 1. The van der Waals surface area contributed by atoms with E-state index >= 15 is 0 Å². The molecule has 0 aromatic carbocycles. The maximum atomic E-state index is 10.8. The van der Waals surface area contributed by atoms with Gasteiger partial charge in [-0.05, 0) is 33.5 Å². The highest BCUT2D eigenvalue weighted by Gasteiger charge is 2.41. The Morgan fingerprint density at radius 1 is 1.33 bits per heavy atom. The minimum absolute atomic E-state index is 0.274. The number of ether oxygens (including phenoxy) is 2. The highest BCUT2D eigenvalue weighted by Crippen LogP contribution is 2.27. The SMILES string of the molecule is CC1(C)O[C@H](C=O)[C@@H](CO[Si](C)(C)C)O1. The minimum Gasteiger partial charge on any atom is -0.415 e. The molecule has 0 aliphatic carbocycles. The van der Waals surface area contributed by atoms with E-state index < -0.39 is 20.2 Å². The van der Waals surface area contributed by atoms with E-state index in [-0.39, 0.29) is 6.10 Å². The lowest BCUT2D eigenvalue weighted by Crippen LogP contribution is -2.35. The van der Waals surface area contributed by atoms with Crippen LogP contribution in [-0.4, -0.2) is 39.2 Å². The summed E-state index contributed by atoms with van der Waals surface area (Å²) in [5.41, 5.74) is 0. The Hall–Kier alpha value is -0.233. The van der Waals surface area contributed by atoms with E-state index in [4.69, 9.17) is 13.9 Å². The van der Waals surface area contributed by atoms with Gasteiger partial charge in [0, 0.05) is 0 Å². The van der Waals surface area contributed by atoms with Crippen molar-refractivity contribution in [2.24, 2.45) is 0 Å². The van der Waals surface area contributed by atoms with Crippen molar-refractivity contribution in [3.8, 4) is 0 Å². The third-order valence-electron chi connectivity index (χ3n) is 2.04. The zero-order valence-corrected chi connectivity index (χ0v) is 11.1. The van der Waals surface area contributed by atoms with Crippen LogP contribution in [0.4, 0.5) is 0 Å². The van der Waals surface area contributed by atoms with Gasteiger partial charge in [0.15, 0.2) is 20.4 Å². The van der Waals surface area contributed by atoms with E-state index in [2.05, 4.69) is 19.6 Å². The van der Waals surface area contributed by atoms with Crippen molar-refractivity contribution in [1.29, 1.82) is 0 Å². The Labute approximate surface area is 92.0 Å². The van der Waals surface area contributed by atoms with Gasteiger partial charge in [0.05, 0.1) is 6.61 Å². The molecule has 0 saturated carbocycles. The monoisotopic (exact) mass is 232 g/mol. The van der Waals surface area contributed by atoms with Crippen LogP contribution in [0.2, 0.25) is 19.6 Å². The molecule has 0 aromatic heterocycles. The average molecular weight is 232 g/mol. The number of hydrogen-bond donors (Lipinski definition) is 0. The van der Waals surface area contributed by atoms with Gasteiger partial charge in [-0.15, -0.1) is 0 Å². The molecule has 0 spiro atoms. The fourth-order valence-electron chi connectivity index (χ4n) is 1.44. The first-order valence-corrected chi connectivity index (χ1v) is 8.59. The fraction of sp³-hybridized carbons (Fsp3) is 0.900. The molecule has 1 heterocycles. The normalized spacial score (nSPS) is 30.5. The lowest BCUT2D eigenvalue weighted by molar-refractivity contribution is -0.151. The molecule has 5 heteroatoms. The van der Waals surface area contributed by atoms with Gasteiger partial charge in [0.25, 0.3) is 0 Å². The Bertz CT molecular complexity index is 234. The summed E-state index contributed by atoms with van der Waals surface area (Å²) < 4.78 is 16.7. The third kappa shape index (κ3) is 4.02. The van der Waals surface area contributed by atoms with E-state index in [1.54, 1.807) is 13.8 Å². The molecule has 0 unspecified atom stereocenters. The summed E-state index contributed by atoms with van der Waals surface area (Å²) in [6, 6.07) is 0. The Morgan fingerprint density at radius 3 is 2.40 bits per heavy atom. The van der Waals surface area contributed by atoms with E-state index in [1.807, 2.05) is 0 Å². The molecule has 0 radical (unpaired) electrons. The first-order chi connectivity index (χ1) is 6.73. The van der Waals surface area contributed by atoms with Crippen LogP contribution >= 0.6 is 0 Å². The summed E-state index contributed by atoms with van der Waals surface area (Å²) in [7, 11) is -1.56. The second kappa shape index (κ2) is 4.33. The van der Waals surface area contributed by atoms with Gasteiger partial charge in [0.1, 0.15) is 12.2 Å². The molecular weight excluding hydrogens is 212 g/mol. The second-order valence-electron chi connectivity index (χ2n) is 5.20. The van der Waals surface area contributed by atoms with E-state index in [1.165, 1.54) is 0 Å². The lowest BCUT2D eigenvalue weighted by Gasteiger charge is -2.21. The minimum atomic E-state index is -1.56. The Balaban J connectivity index is 2.51. The van der Waals surface area contributed by atoms with Gasteiger partial charge in [-0.2, -0.15) is 0 Å². The van der Waals surface area contributed by atoms with Gasteiger partial charge in [-0.25, -0.2) is 0 Å². The molecule has 2 atom stereocenters. The lowest BCUT2D eigenvalue weighted by atomic mass is 10.2. The maximum Gasteiger partial charge on any atom is 0.183 e. The largest absolute Gasteiger partial charge is 0.415 e. The molecule has 0 amide bonds. The molecule has 1 saturated heterocycles. The molecule has 1 aliphatic heterocycles.